The molecule has 3 aromatic carbocycles. The molecule has 3 rings (SSSR count). The second-order valence-corrected chi connectivity index (χ2v) is 14.8. The molecule has 0 aliphatic heterocycles. The minimum atomic E-state index is -3.69. The van der Waals surface area contributed by atoms with Crippen molar-refractivity contribution in [2.45, 2.75) is 30.6 Å². The summed E-state index contributed by atoms with van der Waals surface area (Å²) in [5.41, 5.74) is 5.23. The van der Waals surface area contributed by atoms with Gasteiger partial charge in [0.05, 0.1) is 19.0 Å². The van der Waals surface area contributed by atoms with Crippen LogP contribution in [-0.2, 0) is 10.0 Å². The van der Waals surface area contributed by atoms with Gasteiger partial charge in [-0.15, -0.1) is 0 Å². The highest BCUT2D eigenvalue weighted by molar-refractivity contribution is 7.89. The van der Waals surface area contributed by atoms with Gasteiger partial charge < -0.3 is 0 Å². The summed E-state index contributed by atoms with van der Waals surface area (Å²) in [6, 6.07) is 27.8. The second kappa shape index (κ2) is 8.90. The number of hydrogen-bond acceptors (Lipinski definition) is 2. The highest BCUT2D eigenvalue weighted by atomic mass is 32.2. The third kappa shape index (κ3) is 5.76. The molecule has 0 aromatic heterocycles. The van der Waals surface area contributed by atoms with Gasteiger partial charge in [0, 0.05) is 0 Å². The molecule has 0 radical (unpaired) electrons. The summed E-state index contributed by atoms with van der Waals surface area (Å²) in [5, 5.41) is 0. The van der Waals surface area contributed by atoms with Gasteiger partial charge in [-0.2, -0.15) is 4.72 Å². The van der Waals surface area contributed by atoms with E-state index in [0.717, 1.165) is 16.7 Å². The van der Waals surface area contributed by atoms with Gasteiger partial charge in [-0.05, 0) is 28.8 Å². The molecular formula is C24H27NO2SSi. The molecule has 3 nitrogen and oxygen atoms in total. The van der Waals surface area contributed by atoms with Gasteiger partial charge in [-0.25, -0.2) is 8.42 Å². The summed E-state index contributed by atoms with van der Waals surface area (Å²) < 4.78 is 29.4. The van der Waals surface area contributed by atoms with Crippen LogP contribution in [0.15, 0.2) is 102 Å². The van der Waals surface area contributed by atoms with Crippen molar-refractivity contribution in [3.05, 3.63) is 108 Å². The topological polar surface area (TPSA) is 46.2 Å². The normalized spacial score (nSPS) is 13.8. The van der Waals surface area contributed by atoms with Crippen LogP contribution < -0.4 is 4.72 Å². The van der Waals surface area contributed by atoms with E-state index in [1.807, 2.05) is 66.7 Å². The molecule has 0 aliphatic rings. The number of nitrogens with one attached hydrogen (secondary N) is 1. The Labute approximate surface area is 175 Å². The second-order valence-electron chi connectivity index (χ2n) is 8.11. The van der Waals surface area contributed by atoms with Crippen LogP contribution in [-0.4, -0.2) is 16.5 Å². The van der Waals surface area contributed by atoms with Gasteiger partial charge >= 0.3 is 0 Å². The molecule has 29 heavy (non-hydrogen) atoms. The Balaban J connectivity index is 2.15. The molecule has 3 aromatic rings. The quantitative estimate of drug-likeness (QED) is 0.500. The van der Waals surface area contributed by atoms with Gasteiger partial charge in [-0.1, -0.05) is 104 Å². The summed E-state index contributed by atoms with van der Waals surface area (Å²) >= 11 is 0. The Kier molecular flexibility index (Phi) is 6.52. The van der Waals surface area contributed by atoms with E-state index in [2.05, 4.69) is 30.1 Å². The molecule has 0 spiro atoms. The predicted octanol–water partition coefficient (Wildman–Crippen LogP) is 5.67. The third-order valence-electron chi connectivity index (χ3n) is 4.47. The summed E-state index contributed by atoms with van der Waals surface area (Å²) in [6.07, 6.45) is 0. The zero-order chi connectivity index (χ0) is 20.9. The van der Waals surface area contributed by atoms with E-state index in [0.29, 0.717) is 0 Å². The maximum absolute atomic E-state index is 13.2. The average molecular weight is 422 g/mol. The van der Waals surface area contributed by atoms with Gasteiger partial charge in [0.1, 0.15) is 0 Å². The van der Waals surface area contributed by atoms with Gasteiger partial charge in [0.15, 0.2) is 0 Å². The van der Waals surface area contributed by atoms with Crippen LogP contribution in [0.25, 0.3) is 5.57 Å². The van der Waals surface area contributed by atoms with E-state index in [1.54, 1.807) is 24.3 Å². The van der Waals surface area contributed by atoms with Crippen LogP contribution in [0.4, 0.5) is 0 Å². The Morgan fingerprint density at radius 3 is 1.79 bits per heavy atom. The summed E-state index contributed by atoms with van der Waals surface area (Å²) in [7, 11) is -5.34. The number of rotatable bonds is 7. The highest BCUT2D eigenvalue weighted by Gasteiger charge is 2.27. The lowest BCUT2D eigenvalue weighted by Crippen LogP contribution is -2.31. The standard InChI is InChI=1S/C24H27NO2SSi/c1-29(2,3)19-23(20-13-7-4-8-14-20)24(21-15-9-5-10-16-21)25-28(26,27)22-17-11-6-12-18-22/h4-19,24-25H,1-3H3/b23-19+. The van der Waals surface area contributed by atoms with E-state index in [9.17, 15) is 8.42 Å². The van der Waals surface area contributed by atoms with Crippen LogP contribution in [0.2, 0.25) is 19.6 Å². The van der Waals surface area contributed by atoms with Crippen molar-refractivity contribution in [3.63, 3.8) is 0 Å². The van der Waals surface area contributed by atoms with Crippen molar-refractivity contribution in [2.75, 3.05) is 0 Å². The maximum atomic E-state index is 13.2. The zero-order valence-electron chi connectivity index (χ0n) is 17.0. The maximum Gasteiger partial charge on any atom is 0.241 e. The first kappa shape index (κ1) is 21.2. The molecule has 0 amide bonds. The van der Waals surface area contributed by atoms with Gasteiger partial charge in [0.25, 0.3) is 0 Å². The molecule has 0 aliphatic carbocycles. The van der Waals surface area contributed by atoms with Crippen molar-refractivity contribution in [2.24, 2.45) is 0 Å². The minimum Gasteiger partial charge on any atom is -0.207 e. The van der Waals surface area contributed by atoms with Crippen LogP contribution in [0.5, 0.6) is 0 Å². The molecule has 1 unspecified atom stereocenters. The Hall–Kier alpha value is -2.47. The fraction of sp³-hybridized carbons (Fsp3) is 0.167. The lowest BCUT2D eigenvalue weighted by molar-refractivity contribution is 0.576. The number of benzene rings is 3. The molecular weight excluding hydrogens is 394 g/mol. The number of hydrogen-bond donors (Lipinski definition) is 1. The zero-order valence-corrected chi connectivity index (χ0v) is 18.9. The predicted molar refractivity (Wildman–Crippen MR) is 124 cm³/mol. The van der Waals surface area contributed by atoms with Crippen LogP contribution in [0, 0.1) is 0 Å². The van der Waals surface area contributed by atoms with E-state index in [-0.39, 0.29) is 4.90 Å². The Morgan fingerprint density at radius 1 is 0.793 bits per heavy atom. The molecule has 1 N–H and O–H groups in total. The Bertz CT molecular complexity index is 1060. The summed E-state index contributed by atoms with van der Waals surface area (Å²) in [5.74, 6) is 0. The fourth-order valence-corrected chi connectivity index (χ4v) is 5.70. The molecule has 0 heterocycles. The highest BCUT2D eigenvalue weighted by Crippen LogP contribution is 2.33. The molecule has 0 fully saturated rings. The molecule has 0 saturated heterocycles. The molecule has 0 bridgehead atoms. The summed E-state index contributed by atoms with van der Waals surface area (Å²) in [6.45, 7) is 6.76. The lowest BCUT2D eigenvalue weighted by Gasteiger charge is -2.25. The first-order chi connectivity index (χ1) is 13.8. The van der Waals surface area contributed by atoms with Gasteiger partial charge in [0.2, 0.25) is 10.0 Å². The van der Waals surface area contributed by atoms with E-state index < -0.39 is 24.1 Å². The van der Waals surface area contributed by atoms with Crippen molar-refractivity contribution in [1.29, 1.82) is 0 Å². The first-order valence-corrected chi connectivity index (χ1v) is 14.7. The van der Waals surface area contributed by atoms with Crippen molar-refractivity contribution < 1.29 is 8.42 Å². The smallest absolute Gasteiger partial charge is 0.207 e. The molecule has 1 atom stereocenters. The summed E-state index contributed by atoms with van der Waals surface area (Å²) in [4.78, 5) is 0.265. The molecule has 5 heteroatoms. The average Bonchev–Trinajstić information content (AvgIpc) is 2.72. The monoisotopic (exact) mass is 421 g/mol. The first-order valence-electron chi connectivity index (χ1n) is 9.67. The molecule has 150 valence electrons. The van der Waals surface area contributed by atoms with Crippen LogP contribution >= 0.6 is 0 Å². The van der Waals surface area contributed by atoms with E-state index in [4.69, 9.17) is 0 Å². The lowest BCUT2D eigenvalue weighted by atomic mass is 9.95. The van der Waals surface area contributed by atoms with Crippen molar-refractivity contribution in [3.8, 4) is 0 Å². The van der Waals surface area contributed by atoms with Crippen LogP contribution in [0.1, 0.15) is 17.2 Å². The SMILES string of the molecule is C[Si](C)(C)/C=C(\c1ccccc1)C(NS(=O)(=O)c1ccccc1)c1ccccc1. The fourth-order valence-electron chi connectivity index (χ4n) is 3.21. The van der Waals surface area contributed by atoms with Gasteiger partial charge in [-0.3, -0.25) is 0 Å². The minimum absolute atomic E-state index is 0.265. The van der Waals surface area contributed by atoms with E-state index >= 15 is 0 Å². The van der Waals surface area contributed by atoms with Crippen molar-refractivity contribution >= 4 is 23.7 Å². The third-order valence-corrected chi connectivity index (χ3v) is 7.08. The number of sulfonamides is 1. The largest absolute Gasteiger partial charge is 0.241 e. The van der Waals surface area contributed by atoms with Crippen LogP contribution in [0.3, 0.4) is 0 Å². The Morgan fingerprint density at radius 2 is 1.28 bits per heavy atom. The molecule has 0 saturated carbocycles. The van der Waals surface area contributed by atoms with Crippen molar-refractivity contribution in [1.82, 2.24) is 4.72 Å². The van der Waals surface area contributed by atoms with E-state index in [1.165, 1.54) is 0 Å².